The Morgan fingerprint density at radius 3 is 2.67 bits per heavy atom. The molecule has 0 aliphatic carbocycles. The largest absolute Gasteiger partial charge is 0.404 e. The molecular weight excluding hydrogens is 265 g/mol. The fourth-order valence-corrected chi connectivity index (χ4v) is 1.29. The zero-order chi connectivity index (χ0) is 10.7. The summed E-state index contributed by atoms with van der Waals surface area (Å²) in [5, 5.41) is 2.93. The Bertz CT molecular complexity index is 388. The van der Waals surface area contributed by atoms with E-state index in [4.69, 9.17) is 5.73 Å². The third-order valence-electron chi connectivity index (χ3n) is 2.13. The van der Waals surface area contributed by atoms with E-state index in [9.17, 15) is 4.79 Å². The van der Waals surface area contributed by atoms with Crippen molar-refractivity contribution in [3.8, 4) is 0 Å². The molecule has 0 atom stereocenters. The molecule has 0 aliphatic heterocycles. The zero-order valence-corrected chi connectivity index (χ0v) is 11.8. The third kappa shape index (κ3) is 3.15. The van der Waals surface area contributed by atoms with Gasteiger partial charge in [0.25, 0.3) is 0 Å². The van der Waals surface area contributed by atoms with E-state index in [2.05, 4.69) is 18.0 Å². The summed E-state index contributed by atoms with van der Waals surface area (Å²) >= 11 is 0. The molecule has 1 rings (SSSR count). The predicted molar refractivity (Wildman–Crippen MR) is 56.6 cm³/mol. The minimum atomic E-state index is -0.465. The molecule has 0 bridgehead atoms. The second-order valence-electron chi connectivity index (χ2n) is 2.98. The Morgan fingerprint density at radius 1 is 1.60 bits per heavy atom. The molecule has 0 spiro atoms. The van der Waals surface area contributed by atoms with Gasteiger partial charge in [-0.15, -0.1) is 23.8 Å². The topological polar surface area (TPSA) is 55.1 Å². The molecule has 0 fully saturated rings. The summed E-state index contributed by atoms with van der Waals surface area (Å²) in [4.78, 5) is 11.0. The first-order valence-corrected chi connectivity index (χ1v) is 4.26. The van der Waals surface area contributed by atoms with Crippen LogP contribution in [0.25, 0.3) is 5.70 Å². The van der Waals surface area contributed by atoms with Crippen molar-refractivity contribution in [3.05, 3.63) is 41.5 Å². The first-order valence-electron chi connectivity index (χ1n) is 4.26. The van der Waals surface area contributed by atoms with E-state index in [0.29, 0.717) is 5.56 Å². The van der Waals surface area contributed by atoms with Gasteiger partial charge in [0.05, 0.1) is 0 Å². The van der Waals surface area contributed by atoms with Crippen molar-refractivity contribution in [3.63, 3.8) is 0 Å². The number of carbonyl (C=O) groups is 1. The molecule has 15 heavy (non-hydrogen) atoms. The Hall–Kier alpha value is -0.666. The van der Waals surface area contributed by atoms with Gasteiger partial charge in [0.2, 0.25) is 0 Å². The summed E-state index contributed by atoms with van der Waals surface area (Å²) in [6.07, 6.45) is 0. The second kappa shape index (κ2) is 6.03. The van der Waals surface area contributed by atoms with Crippen LogP contribution < -0.4 is 11.1 Å². The number of benzene rings is 1. The maximum absolute atomic E-state index is 11.0. The van der Waals surface area contributed by atoms with Crippen LogP contribution in [0.15, 0.2) is 18.7 Å². The summed E-state index contributed by atoms with van der Waals surface area (Å²) in [6.45, 7) is 5.66. The van der Waals surface area contributed by atoms with Gasteiger partial charge >= 0.3 is 0 Å². The molecule has 0 aromatic heterocycles. The van der Waals surface area contributed by atoms with Gasteiger partial charge < -0.3 is 15.8 Å². The minimum Gasteiger partial charge on any atom is -0.404 e. The van der Waals surface area contributed by atoms with Gasteiger partial charge in [0.15, 0.2) is 5.91 Å². The summed E-state index contributed by atoms with van der Waals surface area (Å²) in [5.74, 6) is -0.465. The number of hydrogen-bond donors (Lipinski definition) is 2. The van der Waals surface area contributed by atoms with E-state index < -0.39 is 5.91 Å². The van der Waals surface area contributed by atoms with Crippen molar-refractivity contribution in [2.45, 2.75) is 6.92 Å². The van der Waals surface area contributed by atoms with Crippen LogP contribution in [0.2, 0.25) is 0 Å². The number of hydrogen-bond acceptors (Lipinski definition) is 2. The van der Waals surface area contributed by atoms with E-state index in [1.807, 2.05) is 13.0 Å². The number of carbonyl (C=O) groups excluding carboxylic acids is 1. The molecule has 0 heterocycles. The monoisotopic (exact) mass is 278 g/mol. The van der Waals surface area contributed by atoms with Gasteiger partial charge in [-0.2, -0.15) is 0 Å². The van der Waals surface area contributed by atoms with Crippen LogP contribution in [-0.2, 0) is 32.7 Å². The van der Waals surface area contributed by atoms with Crippen LogP contribution >= 0.6 is 0 Å². The predicted octanol–water partition coefficient (Wildman–Crippen LogP) is 1.08. The molecule has 0 saturated carbocycles. The van der Waals surface area contributed by atoms with Crippen molar-refractivity contribution < 1.29 is 37.5 Å². The van der Waals surface area contributed by atoms with Gasteiger partial charge in [-0.25, -0.2) is 0 Å². The molecule has 0 unspecified atom stereocenters. The van der Waals surface area contributed by atoms with Gasteiger partial charge in [0.1, 0.15) is 0 Å². The first kappa shape index (κ1) is 14.3. The quantitative estimate of drug-likeness (QED) is 0.813. The fourth-order valence-electron chi connectivity index (χ4n) is 1.29. The number of nitrogens with one attached hydrogen (secondary N) is 1. The van der Waals surface area contributed by atoms with E-state index >= 15 is 0 Å². The van der Waals surface area contributed by atoms with Crippen molar-refractivity contribution in [1.82, 2.24) is 5.32 Å². The van der Waals surface area contributed by atoms with E-state index in [-0.39, 0.29) is 32.7 Å². The molecule has 4 heteroatoms. The third-order valence-corrected chi connectivity index (χ3v) is 2.13. The Kier molecular flexibility index (Phi) is 5.77. The molecule has 77 valence electrons. The molecule has 1 radical (unpaired) electrons. The van der Waals surface area contributed by atoms with E-state index in [1.165, 1.54) is 0 Å². The summed E-state index contributed by atoms with van der Waals surface area (Å²) < 4.78 is 0. The van der Waals surface area contributed by atoms with Crippen LogP contribution in [0.4, 0.5) is 0 Å². The number of rotatable bonds is 3. The zero-order valence-electron chi connectivity index (χ0n) is 8.92. The second-order valence-corrected chi connectivity index (χ2v) is 2.98. The molecule has 0 saturated heterocycles. The maximum Gasteiger partial charge on any atom is 0.163 e. The minimum absolute atomic E-state index is 0. The van der Waals surface area contributed by atoms with E-state index in [1.54, 1.807) is 13.1 Å². The van der Waals surface area contributed by atoms with Crippen LogP contribution in [0, 0.1) is 13.0 Å². The van der Waals surface area contributed by atoms with Gasteiger partial charge in [-0.3, -0.25) is 0 Å². The summed E-state index contributed by atoms with van der Waals surface area (Å²) in [5.41, 5.74) is 8.08. The number of primary amides is 1. The molecule has 3 N–H and O–H groups in total. The summed E-state index contributed by atoms with van der Waals surface area (Å²) in [7, 11) is 1.78. The van der Waals surface area contributed by atoms with E-state index in [0.717, 1.165) is 16.8 Å². The smallest absolute Gasteiger partial charge is 0.163 e. The van der Waals surface area contributed by atoms with Gasteiger partial charge in [-0.05, 0) is 0 Å². The standard InChI is InChI=1S/C11H13N2O.Y/c1-7-9(8(2)13-3)5-4-6-10(7)11(12)14;/h4-5,13H,2H2,1,3H3,(H2,12,14);/q-1;. The van der Waals surface area contributed by atoms with Crippen LogP contribution in [0.5, 0.6) is 0 Å². The summed E-state index contributed by atoms with van der Waals surface area (Å²) in [6, 6.07) is 6.33. The molecule has 3 nitrogen and oxygen atoms in total. The van der Waals surface area contributed by atoms with Crippen molar-refractivity contribution in [1.29, 1.82) is 0 Å². The average Bonchev–Trinajstić information content (AvgIpc) is 2.16. The van der Waals surface area contributed by atoms with Crippen LogP contribution in [0.3, 0.4) is 0 Å². The number of nitrogens with two attached hydrogens (primary N) is 1. The van der Waals surface area contributed by atoms with Crippen molar-refractivity contribution in [2.75, 3.05) is 7.05 Å². The van der Waals surface area contributed by atoms with Crippen molar-refractivity contribution in [2.24, 2.45) is 5.73 Å². The first-order chi connectivity index (χ1) is 6.57. The maximum atomic E-state index is 11.0. The Labute approximate surface area is 115 Å². The Balaban J connectivity index is 0.00000196. The average molecular weight is 278 g/mol. The normalized spacial score (nSPS) is 8.93. The molecular formula is C11H13N2OY-. The molecule has 1 amide bonds. The van der Waals surface area contributed by atoms with Crippen molar-refractivity contribution >= 4 is 11.6 Å². The fraction of sp³-hybridized carbons (Fsp3) is 0.182. The van der Waals surface area contributed by atoms with Gasteiger partial charge in [-0.1, -0.05) is 24.6 Å². The van der Waals surface area contributed by atoms with Gasteiger partial charge in [0, 0.05) is 45.5 Å². The van der Waals surface area contributed by atoms with Crippen LogP contribution in [-0.4, -0.2) is 13.0 Å². The Morgan fingerprint density at radius 2 is 2.20 bits per heavy atom. The van der Waals surface area contributed by atoms with Crippen LogP contribution in [0.1, 0.15) is 21.5 Å². The molecule has 0 aliphatic rings. The SMILES string of the molecule is C=C(NC)c1cc[c-]c(C(N)=O)c1C.[Y]. The molecule has 1 aromatic carbocycles. The number of amides is 1. The molecule has 1 aromatic rings.